The van der Waals surface area contributed by atoms with Crippen molar-refractivity contribution in [2.45, 2.75) is 39.5 Å². The fourth-order valence-electron chi connectivity index (χ4n) is 4.07. The molecule has 0 saturated carbocycles. The molecule has 1 aliphatic heterocycles. The van der Waals surface area contributed by atoms with Crippen LogP contribution < -0.4 is 9.64 Å². The van der Waals surface area contributed by atoms with Gasteiger partial charge in [-0.05, 0) is 73.9 Å². The third kappa shape index (κ3) is 5.26. The molecule has 1 heterocycles. The van der Waals surface area contributed by atoms with E-state index in [9.17, 15) is 18.0 Å². The van der Waals surface area contributed by atoms with Crippen molar-refractivity contribution in [2.24, 2.45) is 5.92 Å². The summed E-state index contributed by atoms with van der Waals surface area (Å²) in [6, 6.07) is 10.2. The molecule has 4 nitrogen and oxygen atoms in total. The number of nitrogens with zero attached hydrogens (tertiary/aromatic N) is 1. The number of rotatable bonds is 5. The van der Waals surface area contributed by atoms with Gasteiger partial charge in [-0.1, -0.05) is 18.2 Å². The van der Waals surface area contributed by atoms with E-state index in [0.29, 0.717) is 30.3 Å². The summed E-state index contributed by atoms with van der Waals surface area (Å²) in [6.45, 7) is 5.22. The average molecular weight is 421 g/mol. The Balaban J connectivity index is 1.68. The lowest BCUT2D eigenvalue weighted by Gasteiger charge is -2.34. The minimum absolute atomic E-state index is 0.166. The lowest BCUT2D eigenvalue weighted by atomic mass is 9.87. The summed E-state index contributed by atoms with van der Waals surface area (Å²) in [7, 11) is 1.37. The zero-order valence-electron chi connectivity index (χ0n) is 17.4. The number of aryl methyl sites for hydroxylation is 2. The zero-order chi connectivity index (χ0) is 21.9. The summed E-state index contributed by atoms with van der Waals surface area (Å²) in [5.41, 5.74) is 4.17. The third-order valence-electron chi connectivity index (χ3n) is 5.64. The Morgan fingerprint density at radius 3 is 2.40 bits per heavy atom. The van der Waals surface area contributed by atoms with Gasteiger partial charge in [0.1, 0.15) is 0 Å². The van der Waals surface area contributed by atoms with Crippen LogP contribution in [0.1, 0.15) is 39.9 Å². The molecule has 162 valence electrons. The van der Waals surface area contributed by atoms with Gasteiger partial charge in [0.05, 0.1) is 18.4 Å². The molecule has 0 aromatic heterocycles. The Kier molecular flexibility index (Phi) is 6.58. The molecular weight excluding hydrogens is 395 g/mol. The van der Waals surface area contributed by atoms with Gasteiger partial charge in [-0.2, -0.15) is 0 Å². The van der Waals surface area contributed by atoms with Crippen LogP contribution in [0.3, 0.4) is 0 Å². The summed E-state index contributed by atoms with van der Waals surface area (Å²) in [5.74, 6) is -0.116. The molecule has 0 atom stereocenters. The van der Waals surface area contributed by atoms with Crippen molar-refractivity contribution >= 4 is 11.7 Å². The van der Waals surface area contributed by atoms with Crippen molar-refractivity contribution in [1.29, 1.82) is 0 Å². The first kappa shape index (κ1) is 22.0. The number of alkyl halides is 3. The molecular formula is C23H26F3NO3. The second kappa shape index (κ2) is 8.98. The topological polar surface area (TPSA) is 38.8 Å². The van der Waals surface area contributed by atoms with Gasteiger partial charge in [0.15, 0.2) is 5.75 Å². The van der Waals surface area contributed by atoms with E-state index >= 15 is 0 Å². The zero-order valence-corrected chi connectivity index (χ0v) is 17.4. The van der Waals surface area contributed by atoms with Crippen molar-refractivity contribution in [1.82, 2.24) is 0 Å². The van der Waals surface area contributed by atoms with Crippen LogP contribution in [0.2, 0.25) is 0 Å². The number of anilines is 1. The molecule has 1 fully saturated rings. The highest BCUT2D eigenvalue weighted by molar-refractivity contribution is 5.91. The van der Waals surface area contributed by atoms with E-state index in [1.807, 2.05) is 30.9 Å². The number of carbonyl (C=O) groups is 1. The number of methoxy groups -OCH3 is 1. The quantitative estimate of drug-likeness (QED) is 0.602. The number of halogens is 3. The maximum Gasteiger partial charge on any atom is 0.573 e. The van der Waals surface area contributed by atoms with Gasteiger partial charge in [-0.25, -0.2) is 4.79 Å². The van der Waals surface area contributed by atoms with Gasteiger partial charge in [0.2, 0.25) is 0 Å². The number of ether oxygens (including phenoxy) is 2. The number of hydrogen-bond donors (Lipinski definition) is 0. The minimum Gasteiger partial charge on any atom is -0.465 e. The molecule has 0 radical (unpaired) electrons. The Morgan fingerprint density at radius 1 is 1.10 bits per heavy atom. The van der Waals surface area contributed by atoms with E-state index in [-0.39, 0.29) is 11.7 Å². The smallest absolute Gasteiger partial charge is 0.465 e. The Labute approximate surface area is 174 Å². The van der Waals surface area contributed by atoms with Crippen molar-refractivity contribution in [3.63, 3.8) is 0 Å². The number of para-hydroxylation sites is 2. The van der Waals surface area contributed by atoms with Crippen LogP contribution in [0.15, 0.2) is 36.4 Å². The fraction of sp³-hybridized carbons (Fsp3) is 0.435. The Bertz CT molecular complexity index is 903. The van der Waals surface area contributed by atoms with Crippen LogP contribution in [-0.2, 0) is 11.2 Å². The van der Waals surface area contributed by atoms with Crippen LogP contribution in [0, 0.1) is 19.8 Å². The molecule has 0 aliphatic carbocycles. The van der Waals surface area contributed by atoms with Gasteiger partial charge in [0.25, 0.3) is 0 Å². The maximum atomic E-state index is 12.7. The SMILES string of the molecule is COC(=O)c1cc(CC2CCN(c3ccccc3OC(F)(F)F)CC2)c(C)cc1C. The predicted octanol–water partition coefficient (Wildman–Crippen LogP) is 5.45. The van der Waals surface area contributed by atoms with Crippen molar-refractivity contribution in [2.75, 3.05) is 25.1 Å². The molecule has 0 N–H and O–H groups in total. The third-order valence-corrected chi connectivity index (χ3v) is 5.64. The minimum atomic E-state index is -4.71. The Hall–Kier alpha value is -2.70. The van der Waals surface area contributed by atoms with E-state index in [0.717, 1.165) is 36.0 Å². The first-order valence-electron chi connectivity index (χ1n) is 9.96. The molecule has 2 aromatic carbocycles. The number of benzene rings is 2. The van der Waals surface area contributed by atoms with Gasteiger partial charge >= 0.3 is 12.3 Å². The lowest BCUT2D eigenvalue weighted by molar-refractivity contribution is -0.274. The molecule has 1 aliphatic rings. The van der Waals surface area contributed by atoms with E-state index in [4.69, 9.17) is 4.74 Å². The van der Waals surface area contributed by atoms with Crippen molar-refractivity contribution in [3.05, 3.63) is 58.7 Å². The largest absolute Gasteiger partial charge is 0.573 e. The predicted molar refractivity (Wildman–Crippen MR) is 109 cm³/mol. The molecule has 2 aromatic rings. The molecule has 30 heavy (non-hydrogen) atoms. The van der Waals surface area contributed by atoms with Gasteiger partial charge < -0.3 is 14.4 Å². The van der Waals surface area contributed by atoms with Crippen LogP contribution in [0.4, 0.5) is 18.9 Å². The lowest BCUT2D eigenvalue weighted by Crippen LogP contribution is -2.35. The Morgan fingerprint density at radius 2 is 1.77 bits per heavy atom. The molecule has 0 amide bonds. The second-order valence-electron chi connectivity index (χ2n) is 7.74. The molecule has 3 rings (SSSR count). The summed E-state index contributed by atoms with van der Waals surface area (Å²) in [5, 5.41) is 0. The maximum absolute atomic E-state index is 12.7. The monoisotopic (exact) mass is 421 g/mol. The number of carbonyl (C=O) groups excluding carboxylic acids is 1. The molecule has 0 spiro atoms. The summed E-state index contributed by atoms with van der Waals surface area (Å²) in [6.07, 6.45) is -2.19. The highest BCUT2D eigenvalue weighted by atomic mass is 19.4. The molecule has 7 heteroatoms. The van der Waals surface area contributed by atoms with Gasteiger partial charge in [-0.15, -0.1) is 13.2 Å². The van der Waals surface area contributed by atoms with Crippen molar-refractivity contribution in [3.8, 4) is 5.75 Å². The highest BCUT2D eigenvalue weighted by Crippen LogP contribution is 2.35. The van der Waals surface area contributed by atoms with Crippen LogP contribution in [-0.4, -0.2) is 32.5 Å². The summed E-state index contributed by atoms with van der Waals surface area (Å²) >= 11 is 0. The average Bonchev–Trinajstić information content (AvgIpc) is 2.69. The fourth-order valence-corrected chi connectivity index (χ4v) is 4.07. The van der Waals surface area contributed by atoms with Crippen molar-refractivity contribution < 1.29 is 27.4 Å². The number of esters is 1. The standard InChI is InChI=1S/C23H26F3NO3/c1-15-12-16(2)19(22(28)29-3)14-18(15)13-17-8-10-27(11-9-17)20-6-4-5-7-21(20)30-23(24,25)26/h4-7,12,14,17H,8-11,13H2,1-3H3. The first-order chi connectivity index (χ1) is 14.2. The second-order valence-corrected chi connectivity index (χ2v) is 7.74. The summed E-state index contributed by atoms with van der Waals surface area (Å²) in [4.78, 5) is 13.9. The van der Waals surface area contributed by atoms with E-state index in [1.54, 1.807) is 12.1 Å². The number of hydrogen-bond acceptors (Lipinski definition) is 4. The first-order valence-corrected chi connectivity index (χ1v) is 9.96. The van der Waals surface area contributed by atoms with Crippen LogP contribution in [0.25, 0.3) is 0 Å². The van der Waals surface area contributed by atoms with Crippen LogP contribution in [0.5, 0.6) is 5.75 Å². The van der Waals surface area contributed by atoms with Crippen LogP contribution >= 0.6 is 0 Å². The normalized spacial score (nSPS) is 15.2. The summed E-state index contributed by atoms with van der Waals surface area (Å²) < 4.78 is 47.2. The van der Waals surface area contributed by atoms with E-state index in [1.165, 1.54) is 19.2 Å². The number of piperidine rings is 1. The highest BCUT2D eigenvalue weighted by Gasteiger charge is 2.33. The van der Waals surface area contributed by atoms with Gasteiger partial charge in [-0.3, -0.25) is 0 Å². The molecule has 0 unspecified atom stereocenters. The molecule has 1 saturated heterocycles. The van der Waals surface area contributed by atoms with Gasteiger partial charge in [0, 0.05) is 13.1 Å². The van der Waals surface area contributed by atoms with E-state index in [2.05, 4.69) is 4.74 Å². The molecule has 0 bridgehead atoms. The van der Waals surface area contributed by atoms with E-state index < -0.39 is 6.36 Å².